The molecule has 1 aromatic heterocycles. The number of hydrogen-bond donors (Lipinski definition) is 1. The van der Waals surface area contributed by atoms with E-state index >= 15 is 0 Å². The molecule has 3 rings (SSSR count). The molecule has 1 unspecified atom stereocenters. The predicted molar refractivity (Wildman–Crippen MR) is 72.5 cm³/mol. The standard InChI is InChI=1S/C14H22N4/c1-9-5-14(17-10(2)16-9)18-7-11-3-4-13(15)6-12(11)8-18/h5,11-13H,3-4,6-8,15H2,1-2H3/t11-,12+,13?/m1/s1. The Labute approximate surface area is 109 Å². The van der Waals surface area contributed by atoms with Crippen molar-refractivity contribution in [2.75, 3.05) is 18.0 Å². The topological polar surface area (TPSA) is 55.0 Å². The SMILES string of the molecule is Cc1cc(N2C[C@H]3CCC(N)C[C@H]3C2)nc(C)n1. The molecule has 0 amide bonds. The lowest BCUT2D eigenvalue weighted by Crippen LogP contribution is -2.32. The molecular weight excluding hydrogens is 224 g/mol. The highest BCUT2D eigenvalue weighted by molar-refractivity contribution is 5.41. The number of aryl methyl sites for hydroxylation is 2. The summed E-state index contributed by atoms with van der Waals surface area (Å²) in [6, 6.07) is 2.52. The number of nitrogens with zero attached hydrogens (tertiary/aromatic N) is 3. The van der Waals surface area contributed by atoms with Gasteiger partial charge in [0.15, 0.2) is 0 Å². The molecule has 0 radical (unpaired) electrons. The minimum atomic E-state index is 0.417. The van der Waals surface area contributed by atoms with Gasteiger partial charge >= 0.3 is 0 Å². The molecule has 1 aromatic rings. The first-order chi connectivity index (χ1) is 8.61. The number of rotatable bonds is 1. The summed E-state index contributed by atoms with van der Waals surface area (Å²) in [4.78, 5) is 11.4. The number of anilines is 1. The monoisotopic (exact) mass is 246 g/mol. The van der Waals surface area contributed by atoms with Gasteiger partial charge in [0.2, 0.25) is 0 Å². The summed E-state index contributed by atoms with van der Waals surface area (Å²) in [7, 11) is 0. The second-order valence-electron chi connectivity index (χ2n) is 5.91. The zero-order chi connectivity index (χ0) is 12.7. The quantitative estimate of drug-likeness (QED) is 0.818. The van der Waals surface area contributed by atoms with Crippen LogP contribution in [0.2, 0.25) is 0 Å². The number of nitrogens with two attached hydrogens (primary N) is 1. The molecule has 0 aromatic carbocycles. The Kier molecular flexibility index (Phi) is 2.98. The van der Waals surface area contributed by atoms with Crippen LogP contribution in [-0.2, 0) is 0 Å². The van der Waals surface area contributed by atoms with E-state index in [-0.39, 0.29) is 0 Å². The molecule has 2 N–H and O–H groups in total. The summed E-state index contributed by atoms with van der Waals surface area (Å²) in [6.45, 7) is 6.27. The lowest BCUT2D eigenvalue weighted by molar-refractivity contribution is 0.271. The minimum absolute atomic E-state index is 0.417. The first kappa shape index (κ1) is 11.9. The van der Waals surface area contributed by atoms with Crippen LogP contribution in [0.5, 0.6) is 0 Å². The van der Waals surface area contributed by atoms with E-state index in [0.29, 0.717) is 6.04 Å². The van der Waals surface area contributed by atoms with Crippen LogP contribution in [0.4, 0.5) is 5.82 Å². The summed E-state index contributed by atoms with van der Waals surface area (Å²) >= 11 is 0. The molecule has 2 fully saturated rings. The van der Waals surface area contributed by atoms with Crippen LogP contribution < -0.4 is 10.6 Å². The summed E-state index contributed by atoms with van der Waals surface area (Å²) < 4.78 is 0. The zero-order valence-electron chi connectivity index (χ0n) is 11.3. The van der Waals surface area contributed by atoms with Crippen molar-refractivity contribution in [2.45, 2.75) is 39.2 Å². The van der Waals surface area contributed by atoms with Gasteiger partial charge in [-0.3, -0.25) is 0 Å². The van der Waals surface area contributed by atoms with Crippen LogP contribution in [-0.4, -0.2) is 29.1 Å². The highest BCUT2D eigenvalue weighted by Gasteiger charge is 2.37. The molecule has 4 heteroatoms. The van der Waals surface area contributed by atoms with E-state index in [1.807, 2.05) is 13.8 Å². The molecule has 2 heterocycles. The van der Waals surface area contributed by atoms with Gasteiger partial charge in [-0.05, 0) is 44.9 Å². The Balaban J connectivity index is 1.78. The normalized spacial score (nSPS) is 31.5. The zero-order valence-corrected chi connectivity index (χ0v) is 11.3. The maximum atomic E-state index is 6.08. The van der Waals surface area contributed by atoms with Gasteiger partial charge in [-0.25, -0.2) is 9.97 Å². The van der Waals surface area contributed by atoms with E-state index in [2.05, 4.69) is 20.9 Å². The average molecular weight is 246 g/mol. The Morgan fingerprint density at radius 3 is 2.72 bits per heavy atom. The average Bonchev–Trinajstić information content (AvgIpc) is 2.70. The van der Waals surface area contributed by atoms with Gasteiger partial charge in [-0.15, -0.1) is 0 Å². The van der Waals surface area contributed by atoms with Crippen molar-refractivity contribution in [3.8, 4) is 0 Å². The summed E-state index contributed by atoms with van der Waals surface area (Å²) in [5.74, 6) is 3.56. The Hall–Kier alpha value is -1.16. The largest absolute Gasteiger partial charge is 0.356 e. The lowest BCUT2D eigenvalue weighted by atomic mass is 9.79. The van der Waals surface area contributed by atoms with E-state index in [1.165, 1.54) is 19.3 Å². The first-order valence-electron chi connectivity index (χ1n) is 6.94. The van der Waals surface area contributed by atoms with E-state index in [9.17, 15) is 0 Å². The lowest BCUT2D eigenvalue weighted by Gasteiger charge is -2.27. The molecule has 18 heavy (non-hydrogen) atoms. The van der Waals surface area contributed by atoms with Gasteiger partial charge < -0.3 is 10.6 Å². The van der Waals surface area contributed by atoms with Crippen LogP contribution >= 0.6 is 0 Å². The van der Waals surface area contributed by atoms with E-state index in [4.69, 9.17) is 5.73 Å². The molecule has 1 aliphatic heterocycles. The molecule has 3 atom stereocenters. The summed E-state index contributed by atoms with van der Waals surface area (Å²) in [5, 5.41) is 0. The van der Waals surface area contributed by atoms with Crippen molar-refractivity contribution in [2.24, 2.45) is 17.6 Å². The van der Waals surface area contributed by atoms with Gasteiger partial charge in [0, 0.05) is 30.9 Å². The highest BCUT2D eigenvalue weighted by Crippen LogP contribution is 2.37. The van der Waals surface area contributed by atoms with Crippen molar-refractivity contribution in [3.63, 3.8) is 0 Å². The summed E-state index contributed by atoms with van der Waals surface area (Å²) in [6.07, 6.45) is 3.66. The van der Waals surface area contributed by atoms with Crippen LogP contribution in [0, 0.1) is 25.7 Å². The molecular formula is C14H22N4. The number of hydrogen-bond acceptors (Lipinski definition) is 4. The third-order valence-electron chi connectivity index (χ3n) is 4.37. The molecule has 2 aliphatic rings. The molecule has 98 valence electrons. The van der Waals surface area contributed by atoms with E-state index < -0.39 is 0 Å². The molecule has 1 saturated carbocycles. The van der Waals surface area contributed by atoms with Crippen molar-refractivity contribution in [3.05, 3.63) is 17.6 Å². The van der Waals surface area contributed by atoms with Crippen molar-refractivity contribution in [1.82, 2.24) is 9.97 Å². The van der Waals surface area contributed by atoms with Crippen LogP contribution in [0.15, 0.2) is 6.07 Å². The maximum absolute atomic E-state index is 6.08. The van der Waals surface area contributed by atoms with Crippen LogP contribution in [0.3, 0.4) is 0 Å². The van der Waals surface area contributed by atoms with Crippen LogP contribution in [0.1, 0.15) is 30.8 Å². The fourth-order valence-corrected chi connectivity index (χ4v) is 3.51. The Morgan fingerprint density at radius 1 is 1.17 bits per heavy atom. The third-order valence-corrected chi connectivity index (χ3v) is 4.37. The minimum Gasteiger partial charge on any atom is -0.356 e. The van der Waals surface area contributed by atoms with Gasteiger partial charge in [-0.2, -0.15) is 0 Å². The van der Waals surface area contributed by atoms with Crippen molar-refractivity contribution < 1.29 is 0 Å². The fourth-order valence-electron chi connectivity index (χ4n) is 3.51. The molecule has 0 bridgehead atoms. The third kappa shape index (κ3) is 2.21. The highest BCUT2D eigenvalue weighted by atomic mass is 15.2. The van der Waals surface area contributed by atoms with Gasteiger partial charge in [0.25, 0.3) is 0 Å². The van der Waals surface area contributed by atoms with Gasteiger partial charge in [-0.1, -0.05) is 0 Å². The first-order valence-corrected chi connectivity index (χ1v) is 6.94. The maximum Gasteiger partial charge on any atom is 0.132 e. The van der Waals surface area contributed by atoms with E-state index in [1.54, 1.807) is 0 Å². The predicted octanol–water partition coefficient (Wildman–Crippen LogP) is 1.66. The Morgan fingerprint density at radius 2 is 1.94 bits per heavy atom. The van der Waals surface area contributed by atoms with E-state index in [0.717, 1.165) is 42.3 Å². The molecule has 0 spiro atoms. The second kappa shape index (κ2) is 4.50. The van der Waals surface area contributed by atoms with Crippen LogP contribution in [0.25, 0.3) is 0 Å². The Bertz CT molecular complexity index is 425. The molecule has 1 aliphatic carbocycles. The summed E-state index contributed by atoms with van der Waals surface area (Å²) in [5.41, 5.74) is 7.14. The smallest absolute Gasteiger partial charge is 0.132 e. The molecule has 1 saturated heterocycles. The number of aromatic nitrogens is 2. The second-order valence-corrected chi connectivity index (χ2v) is 5.91. The van der Waals surface area contributed by atoms with Gasteiger partial charge in [0.1, 0.15) is 11.6 Å². The molecule has 4 nitrogen and oxygen atoms in total. The van der Waals surface area contributed by atoms with Crippen molar-refractivity contribution >= 4 is 5.82 Å². The fraction of sp³-hybridized carbons (Fsp3) is 0.714. The van der Waals surface area contributed by atoms with Gasteiger partial charge in [0.05, 0.1) is 0 Å². The van der Waals surface area contributed by atoms with Crippen molar-refractivity contribution in [1.29, 1.82) is 0 Å². The number of fused-ring (bicyclic) bond motifs is 1.